The lowest BCUT2D eigenvalue weighted by Crippen LogP contribution is -2.51. The van der Waals surface area contributed by atoms with Gasteiger partial charge in [0.25, 0.3) is 5.91 Å². The van der Waals surface area contributed by atoms with Gasteiger partial charge in [0.1, 0.15) is 23.4 Å². The van der Waals surface area contributed by atoms with E-state index < -0.39 is 47.4 Å². The molecule has 274 valence electrons. The number of rotatable bonds is 10. The van der Waals surface area contributed by atoms with E-state index in [9.17, 15) is 27.9 Å². The highest BCUT2D eigenvalue weighted by Gasteiger charge is 2.38. The van der Waals surface area contributed by atoms with Crippen molar-refractivity contribution in [1.82, 2.24) is 20.0 Å². The number of phenols is 1. The van der Waals surface area contributed by atoms with Crippen LogP contribution in [0.1, 0.15) is 57.2 Å². The standard InChI is InChI=1S/C36H50F3N7O4/c1-6-27-19-29(30(47)20-31(27)50-35(49)23(2)3)32(40)46(33(41)34(48)42-24(4)36(37,38)39)28-9-7-25(8-10-28)21-44-15-17-45(18-16-44)22-26-11-13-43(5)14-12-26/h7-10,19-20,23-24,26,40-41,47H,6,11-18,21-22H2,1-5H3,(H,42,48). The van der Waals surface area contributed by atoms with E-state index in [2.05, 4.69) is 21.7 Å². The van der Waals surface area contributed by atoms with Crippen LogP contribution in [0.4, 0.5) is 18.9 Å². The maximum absolute atomic E-state index is 13.3. The number of esters is 1. The number of aryl methyl sites for hydroxylation is 1. The molecule has 0 saturated carbocycles. The normalized spacial score (nSPS) is 17.4. The highest BCUT2D eigenvalue weighted by molar-refractivity contribution is 6.48. The molecule has 11 nitrogen and oxygen atoms in total. The molecule has 4 rings (SSSR count). The number of anilines is 1. The zero-order valence-electron chi connectivity index (χ0n) is 29.6. The lowest BCUT2D eigenvalue weighted by molar-refractivity contribution is -0.156. The molecule has 1 amide bonds. The molecule has 1 atom stereocenters. The summed E-state index contributed by atoms with van der Waals surface area (Å²) in [5, 5.41) is 30.4. The van der Waals surface area contributed by atoms with Gasteiger partial charge in [0.05, 0.1) is 11.5 Å². The van der Waals surface area contributed by atoms with Gasteiger partial charge in [-0.1, -0.05) is 32.9 Å². The molecule has 0 bridgehead atoms. The van der Waals surface area contributed by atoms with Crippen LogP contribution < -0.4 is 15.0 Å². The van der Waals surface area contributed by atoms with Gasteiger partial charge in [-0.05, 0) is 81.6 Å². The second-order valence-corrected chi connectivity index (χ2v) is 13.7. The van der Waals surface area contributed by atoms with Crippen LogP contribution in [-0.2, 0) is 22.6 Å². The molecule has 2 aliphatic rings. The first kappa shape index (κ1) is 38.8. The number of carbonyl (C=O) groups is 2. The van der Waals surface area contributed by atoms with E-state index in [1.165, 1.54) is 25.0 Å². The number of ether oxygens (including phenoxy) is 1. The third-order valence-corrected chi connectivity index (χ3v) is 9.42. The molecule has 50 heavy (non-hydrogen) atoms. The highest BCUT2D eigenvalue weighted by atomic mass is 19.4. The molecule has 0 spiro atoms. The van der Waals surface area contributed by atoms with Gasteiger partial charge in [-0.15, -0.1) is 0 Å². The van der Waals surface area contributed by atoms with Crippen molar-refractivity contribution in [3.8, 4) is 11.5 Å². The fourth-order valence-electron chi connectivity index (χ4n) is 6.09. The molecule has 2 fully saturated rings. The summed E-state index contributed by atoms with van der Waals surface area (Å²) in [5.74, 6) is -3.39. The van der Waals surface area contributed by atoms with Crippen molar-refractivity contribution in [2.24, 2.45) is 11.8 Å². The van der Waals surface area contributed by atoms with Crippen molar-refractivity contribution in [3.05, 3.63) is 53.1 Å². The minimum Gasteiger partial charge on any atom is -0.507 e. The molecule has 2 saturated heterocycles. The molecule has 2 aromatic carbocycles. The number of carbonyl (C=O) groups excluding carboxylic acids is 2. The number of nitrogens with zero attached hydrogens (tertiary/aromatic N) is 4. The largest absolute Gasteiger partial charge is 0.507 e. The van der Waals surface area contributed by atoms with Crippen molar-refractivity contribution in [1.29, 1.82) is 10.8 Å². The van der Waals surface area contributed by atoms with E-state index >= 15 is 0 Å². The van der Waals surface area contributed by atoms with E-state index in [-0.39, 0.29) is 17.0 Å². The number of piperidine rings is 1. The van der Waals surface area contributed by atoms with Crippen molar-refractivity contribution >= 4 is 29.2 Å². The molecular weight excluding hydrogens is 651 g/mol. The van der Waals surface area contributed by atoms with E-state index in [4.69, 9.17) is 15.6 Å². The maximum Gasteiger partial charge on any atom is 0.408 e. The number of amidine groups is 2. The van der Waals surface area contributed by atoms with Crippen LogP contribution in [0.25, 0.3) is 0 Å². The summed E-state index contributed by atoms with van der Waals surface area (Å²) in [4.78, 5) is 33.4. The number of hydrogen-bond donors (Lipinski definition) is 4. The molecule has 2 heterocycles. The topological polar surface area (TPSA) is 136 Å². The summed E-state index contributed by atoms with van der Waals surface area (Å²) in [6.45, 7) is 13.8. The quantitative estimate of drug-likeness (QED) is 0.120. The van der Waals surface area contributed by atoms with Gasteiger partial charge in [-0.2, -0.15) is 13.2 Å². The second-order valence-electron chi connectivity index (χ2n) is 13.7. The lowest BCUT2D eigenvalue weighted by atomic mass is 9.96. The van der Waals surface area contributed by atoms with Gasteiger partial charge >= 0.3 is 12.1 Å². The predicted octanol–water partition coefficient (Wildman–Crippen LogP) is 4.85. The summed E-state index contributed by atoms with van der Waals surface area (Å²) < 4.78 is 45.3. The minimum absolute atomic E-state index is 0.102. The van der Waals surface area contributed by atoms with Gasteiger partial charge in [-0.3, -0.25) is 30.2 Å². The van der Waals surface area contributed by atoms with Crippen molar-refractivity contribution in [3.63, 3.8) is 0 Å². The SMILES string of the molecule is CCc1cc(C(=N)N(C(=N)C(=O)NC(C)C(F)(F)F)c2ccc(CN3CCN(CC4CCN(C)CC4)CC3)cc2)c(O)cc1OC(=O)C(C)C. The third-order valence-electron chi connectivity index (χ3n) is 9.42. The Morgan fingerprint density at radius 2 is 1.60 bits per heavy atom. The highest BCUT2D eigenvalue weighted by Crippen LogP contribution is 2.32. The summed E-state index contributed by atoms with van der Waals surface area (Å²) >= 11 is 0. The molecule has 2 aliphatic heterocycles. The van der Waals surface area contributed by atoms with Crippen LogP contribution in [0, 0.1) is 22.7 Å². The Morgan fingerprint density at radius 3 is 2.16 bits per heavy atom. The molecule has 0 radical (unpaired) electrons. The van der Waals surface area contributed by atoms with Crippen LogP contribution >= 0.6 is 0 Å². The van der Waals surface area contributed by atoms with Crippen LogP contribution in [0.2, 0.25) is 0 Å². The van der Waals surface area contributed by atoms with E-state index in [1.807, 2.05) is 0 Å². The van der Waals surface area contributed by atoms with Crippen LogP contribution in [0.15, 0.2) is 36.4 Å². The third kappa shape index (κ3) is 10.0. The average Bonchev–Trinajstić information content (AvgIpc) is 3.07. The molecule has 0 aromatic heterocycles. The Bertz CT molecular complexity index is 1520. The number of piperazine rings is 1. The van der Waals surface area contributed by atoms with Crippen LogP contribution in [0.5, 0.6) is 11.5 Å². The van der Waals surface area contributed by atoms with Gasteiger partial charge < -0.3 is 25.0 Å². The summed E-state index contributed by atoms with van der Waals surface area (Å²) in [6, 6.07) is 7.17. The molecular formula is C36H50F3N7O4. The minimum atomic E-state index is -4.74. The Morgan fingerprint density at radius 1 is 1.00 bits per heavy atom. The zero-order valence-corrected chi connectivity index (χ0v) is 29.6. The Hall–Kier alpha value is -4.01. The second kappa shape index (κ2) is 16.8. The van der Waals surface area contributed by atoms with Crippen molar-refractivity contribution in [2.75, 3.05) is 57.8 Å². The molecule has 2 aromatic rings. The van der Waals surface area contributed by atoms with Crippen LogP contribution in [0.3, 0.4) is 0 Å². The Balaban J connectivity index is 1.53. The van der Waals surface area contributed by atoms with E-state index in [1.54, 1.807) is 50.4 Å². The number of halogens is 3. The number of hydrogen-bond acceptors (Lipinski definition) is 9. The Kier molecular flexibility index (Phi) is 13.0. The first-order valence-electron chi connectivity index (χ1n) is 17.2. The van der Waals surface area contributed by atoms with Crippen molar-refractivity contribution in [2.45, 2.75) is 65.7 Å². The molecule has 0 aliphatic carbocycles. The summed E-state index contributed by atoms with van der Waals surface area (Å²) in [5.41, 5.74) is 1.50. The molecule has 4 N–H and O–H groups in total. The number of amides is 1. The van der Waals surface area contributed by atoms with E-state index in [0.717, 1.165) is 69.1 Å². The van der Waals surface area contributed by atoms with Gasteiger partial charge in [0.2, 0.25) is 0 Å². The number of likely N-dealkylation sites (tertiary alicyclic amines) is 1. The van der Waals surface area contributed by atoms with Crippen molar-refractivity contribution < 1.29 is 32.6 Å². The first-order valence-corrected chi connectivity index (χ1v) is 17.2. The van der Waals surface area contributed by atoms with Gasteiger partial charge in [-0.25, -0.2) is 0 Å². The Labute approximate surface area is 292 Å². The first-order chi connectivity index (χ1) is 23.6. The van der Waals surface area contributed by atoms with Gasteiger partial charge in [0.15, 0.2) is 5.84 Å². The van der Waals surface area contributed by atoms with E-state index in [0.29, 0.717) is 18.5 Å². The maximum atomic E-state index is 13.3. The predicted molar refractivity (Wildman–Crippen MR) is 187 cm³/mol. The number of alkyl halides is 3. The number of nitrogens with one attached hydrogen (secondary N) is 3. The van der Waals surface area contributed by atoms with Gasteiger partial charge in [0, 0.05) is 51.0 Å². The lowest BCUT2D eigenvalue weighted by Gasteiger charge is -2.38. The zero-order chi connectivity index (χ0) is 36.7. The fraction of sp³-hybridized carbons (Fsp3) is 0.556. The fourth-order valence-corrected chi connectivity index (χ4v) is 6.09. The average molecular weight is 702 g/mol. The smallest absolute Gasteiger partial charge is 0.408 e. The molecule has 1 unspecified atom stereocenters. The van der Waals surface area contributed by atoms with Crippen LogP contribution in [-0.4, -0.2) is 108 Å². The molecule has 14 heteroatoms. The summed E-state index contributed by atoms with van der Waals surface area (Å²) in [7, 11) is 2.17. The number of aromatic hydroxyl groups is 1. The number of benzene rings is 2. The summed E-state index contributed by atoms with van der Waals surface area (Å²) in [6.07, 6.45) is -1.93. The monoisotopic (exact) mass is 701 g/mol. The number of phenolic OH excluding ortho intramolecular Hbond substituents is 1.